The first-order chi connectivity index (χ1) is 12.8. The van der Waals surface area contributed by atoms with Crippen LogP contribution in [0.5, 0.6) is 5.75 Å². The lowest BCUT2D eigenvalue weighted by Gasteiger charge is -2.34. The molecule has 1 N–H and O–H groups in total. The van der Waals surface area contributed by atoms with E-state index in [0.29, 0.717) is 6.10 Å². The molecule has 0 radical (unpaired) electrons. The lowest BCUT2D eigenvalue weighted by Crippen LogP contribution is -2.47. The maximum Gasteiger partial charge on any atom is 0.193 e. The van der Waals surface area contributed by atoms with Gasteiger partial charge in [0.15, 0.2) is 5.96 Å². The van der Waals surface area contributed by atoms with Crippen LogP contribution in [0.3, 0.4) is 0 Å². The van der Waals surface area contributed by atoms with Crippen LogP contribution in [0.25, 0.3) is 0 Å². The van der Waals surface area contributed by atoms with Crippen LogP contribution >= 0.6 is 24.0 Å². The van der Waals surface area contributed by atoms with Crippen LogP contribution in [0, 0.1) is 0 Å². The van der Waals surface area contributed by atoms with E-state index in [0.717, 1.165) is 70.2 Å². The molecule has 27 heavy (non-hydrogen) atoms. The maximum atomic E-state index is 5.93. The summed E-state index contributed by atoms with van der Waals surface area (Å²) >= 11 is 0. The maximum absolute atomic E-state index is 5.93. The smallest absolute Gasteiger partial charge is 0.193 e. The Kier molecular flexibility index (Phi) is 12.4. The second-order valence-electron chi connectivity index (χ2n) is 6.48. The van der Waals surface area contributed by atoms with Crippen molar-refractivity contribution >= 4 is 29.9 Å². The normalized spacial score (nSPS) is 15.4. The number of methoxy groups -OCH3 is 2. The Bertz CT molecular complexity index is 532. The molecule has 7 heteroatoms. The third kappa shape index (κ3) is 8.66. The van der Waals surface area contributed by atoms with Crippen LogP contribution in [-0.4, -0.2) is 71.1 Å². The first-order valence-corrected chi connectivity index (χ1v) is 9.46. The van der Waals surface area contributed by atoms with Crippen molar-refractivity contribution in [1.82, 2.24) is 10.2 Å². The molecular formula is C20H34IN3O3. The summed E-state index contributed by atoms with van der Waals surface area (Å²) in [7, 11) is 5.27. The minimum Gasteiger partial charge on any atom is -0.497 e. The highest BCUT2D eigenvalue weighted by Gasteiger charge is 2.21. The predicted molar refractivity (Wildman–Crippen MR) is 121 cm³/mol. The van der Waals surface area contributed by atoms with Crippen LogP contribution in [0.2, 0.25) is 0 Å². The molecule has 0 aromatic heterocycles. The summed E-state index contributed by atoms with van der Waals surface area (Å²) < 4.78 is 16.2. The van der Waals surface area contributed by atoms with Gasteiger partial charge < -0.3 is 24.4 Å². The number of likely N-dealkylation sites (tertiary alicyclic amines) is 1. The molecular weight excluding hydrogens is 457 g/mol. The van der Waals surface area contributed by atoms with E-state index < -0.39 is 0 Å². The summed E-state index contributed by atoms with van der Waals surface area (Å²) in [5.74, 6) is 1.88. The molecule has 0 unspecified atom stereocenters. The molecule has 1 fully saturated rings. The lowest BCUT2D eigenvalue weighted by molar-refractivity contribution is 0.00992. The SMILES string of the molecule is CN=C(NCCc1ccc(OC)cc1)N1CCC(OCCCOC)CC1.I. The molecule has 1 saturated heterocycles. The molecule has 0 amide bonds. The van der Waals surface area contributed by atoms with Crippen molar-refractivity contribution in [3.8, 4) is 5.75 Å². The van der Waals surface area contributed by atoms with Crippen molar-refractivity contribution in [3.63, 3.8) is 0 Å². The third-order valence-electron chi connectivity index (χ3n) is 4.66. The summed E-state index contributed by atoms with van der Waals surface area (Å²) in [5, 5.41) is 3.48. The van der Waals surface area contributed by atoms with Gasteiger partial charge in [0.1, 0.15) is 5.75 Å². The third-order valence-corrected chi connectivity index (χ3v) is 4.66. The van der Waals surface area contributed by atoms with Gasteiger partial charge in [-0.2, -0.15) is 0 Å². The van der Waals surface area contributed by atoms with Gasteiger partial charge in [-0.3, -0.25) is 4.99 Å². The summed E-state index contributed by atoms with van der Waals surface area (Å²) in [6, 6.07) is 8.22. The molecule has 0 saturated carbocycles. The number of rotatable bonds is 9. The van der Waals surface area contributed by atoms with E-state index in [1.807, 2.05) is 19.2 Å². The zero-order chi connectivity index (χ0) is 18.6. The molecule has 0 spiro atoms. The second kappa shape index (κ2) is 14.0. The van der Waals surface area contributed by atoms with Gasteiger partial charge in [-0.25, -0.2) is 0 Å². The van der Waals surface area contributed by atoms with Crippen molar-refractivity contribution in [1.29, 1.82) is 0 Å². The molecule has 2 rings (SSSR count). The van der Waals surface area contributed by atoms with E-state index in [9.17, 15) is 0 Å². The average molecular weight is 491 g/mol. The Labute approximate surface area is 180 Å². The Morgan fingerprint density at radius 2 is 1.85 bits per heavy atom. The number of aliphatic imine (C=N–C) groups is 1. The Morgan fingerprint density at radius 1 is 1.15 bits per heavy atom. The molecule has 154 valence electrons. The van der Waals surface area contributed by atoms with Crippen LogP contribution in [0.1, 0.15) is 24.8 Å². The summed E-state index contributed by atoms with van der Waals surface area (Å²) in [6.45, 7) is 4.39. The van der Waals surface area contributed by atoms with Gasteiger partial charge in [-0.05, 0) is 43.4 Å². The van der Waals surface area contributed by atoms with Gasteiger partial charge in [-0.1, -0.05) is 12.1 Å². The molecule has 0 aliphatic carbocycles. The fourth-order valence-corrected chi connectivity index (χ4v) is 3.13. The Hall–Kier alpha value is -1.06. The van der Waals surface area contributed by atoms with Crippen LogP contribution < -0.4 is 10.1 Å². The highest BCUT2D eigenvalue weighted by atomic mass is 127. The zero-order valence-electron chi connectivity index (χ0n) is 16.8. The highest BCUT2D eigenvalue weighted by molar-refractivity contribution is 14.0. The first kappa shape index (κ1) is 24.0. The first-order valence-electron chi connectivity index (χ1n) is 9.46. The van der Waals surface area contributed by atoms with E-state index in [4.69, 9.17) is 14.2 Å². The van der Waals surface area contributed by atoms with E-state index in [1.165, 1.54) is 5.56 Å². The largest absolute Gasteiger partial charge is 0.497 e. The summed E-state index contributed by atoms with van der Waals surface area (Å²) in [6.07, 6.45) is 4.38. The minimum atomic E-state index is 0. The average Bonchev–Trinajstić information content (AvgIpc) is 2.70. The molecule has 1 aliphatic rings. The van der Waals surface area contributed by atoms with Gasteiger partial charge >= 0.3 is 0 Å². The Morgan fingerprint density at radius 3 is 2.44 bits per heavy atom. The monoisotopic (exact) mass is 491 g/mol. The fraction of sp³-hybridized carbons (Fsp3) is 0.650. The topological polar surface area (TPSA) is 55.3 Å². The molecule has 0 atom stereocenters. The number of halogens is 1. The van der Waals surface area contributed by atoms with Crippen LogP contribution in [0.4, 0.5) is 0 Å². The van der Waals surface area contributed by atoms with Crippen molar-refractivity contribution in [2.45, 2.75) is 31.8 Å². The predicted octanol–water partition coefficient (Wildman–Crippen LogP) is 2.95. The highest BCUT2D eigenvalue weighted by Crippen LogP contribution is 2.14. The number of ether oxygens (including phenoxy) is 3. The van der Waals surface area contributed by atoms with E-state index in [-0.39, 0.29) is 24.0 Å². The van der Waals surface area contributed by atoms with Crippen LogP contribution in [0.15, 0.2) is 29.3 Å². The number of benzene rings is 1. The Balaban J connectivity index is 0.00000364. The second-order valence-corrected chi connectivity index (χ2v) is 6.48. The molecule has 1 heterocycles. The van der Waals surface area contributed by atoms with Crippen molar-refractivity contribution in [2.24, 2.45) is 4.99 Å². The van der Waals surface area contributed by atoms with Gasteiger partial charge in [0.05, 0.1) is 13.2 Å². The van der Waals surface area contributed by atoms with Gasteiger partial charge in [0.25, 0.3) is 0 Å². The fourth-order valence-electron chi connectivity index (χ4n) is 3.13. The van der Waals surface area contributed by atoms with E-state index >= 15 is 0 Å². The van der Waals surface area contributed by atoms with Gasteiger partial charge in [-0.15, -0.1) is 24.0 Å². The quantitative estimate of drug-likeness (QED) is 0.249. The van der Waals surface area contributed by atoms with E-state index in [2.05, 4.69) is 27.3 Å². The summed E-state index contributed by atoms with van der Waals surface area (Å²) in [4.78, 5) is 6.76. The molecule has 6 nitrogen and oxygen atoms in total. The van der Waals surface area contributed by atoms with Crippen molar-refractivity contribution in [2.75, 3.05) is 54.1 Å². The number of guanidine groups is 1. The van der Waals surface area contributed by atoms with E-state index in [1.54, 1.807) is 14.2 Å². The minimum absolute atomic E-state index is 0. The van der Waals surface area contributed by atoms with Gasteiger partial charge in [0.2, 0.25) is 0 Å². The van der Waals surface area contributed by atoms with Gasteiger partial charge in [0, 0.05) is 47.0 Å². The number of nitrogens with one attached hydrogen (secondary N) is 1. The summed E-state index contributed by atoms with van der Waals surface area (Å²) in [5.41, 5.74) is 1.29. The standard InChI is InChI=1S/C20H33N3O3.HI/c1-21-20(22-12-9-17-5-7-18(25-3)8-6-17)23-13-10-19(11-14-23)26-16-4-15-24-2;/h5-8,19H,4,9-16H2,1-3H3,(H,21,22);1H. The number of hydrogen-bond acceptors (Lipinski definition) is 4. The zero-order valence-corrected chi connectivity index (χ0v) is 19.1. The molecule has 1 aliphatic heterocycles. The number of hydrogen-bond donors (Lipinski definition) is 1. The lowest BCUT2D eigenvalue weighted by atomic mass is 10.1. The number of piperidine rings is 1. The number of nitrogens with zero attached hydrogens (tertiary/aromatic N) is 2. The molecule has 1 aromatic carbocycles. The van der Waals surface area contributed by atoms with Crippen molar-refractivity contribution < 1.29 is 14.2 Å². The molecule has 1 aromatic rings. The van der Waals surface area contributed by atoms with Crippen molar-refractivity contribution in [3.05, 3.63) is 29.8 Å². The molecule has 0 bridgehead atoms. The van der Waals surface area contributed by atoms with Crippen LogP contribution in [-0.2, 0) is 15.9 Å².